The average molecular weight is 344 g/mol. The summed E-state index contributed by atoms with van der Waals surface area (Å²) in [6.07, 6.45) is 1.83. The molecule has 0 radical (unpaired) electrons. The van der Waals surface area contributed by atoms with E-state index in [0.717, 1.165) is 17.5 Å². The standard InChI is InChI=1S/C18H20N2O3S/c21-16(19-10-13-6-8-24-11-13)17(22)20-12-18(23)7-5-14-3-1-2-4-15(14)9-18/h1-4,6,8,11,23H,5,7,9-10,12H2,(H,19,21)(H,20,22). The van der Waals surface area contributed by atoms with Crippen molar-refractivity contribution in [3.05, 3.63) is 57.8 Å². The van der Waals surface area contributed by atoms with Gasteiger partial charge in [-0.2, -0.15) is 11.3 Å². The molecule has 0 bridgehead atoms. The molecule has 0 saturated carbocycles. The number of aryl methyl sites for hydroxylation is 1. The van der Waals surface area contributed by atoms with Gasteiger partial charge < -0.3 is 15.7 Å². The smallest absolute Gasteiger partial charge is 0.309 e. The maximum Gasteiger partial charge on any atom is 0.309 e. The van der Waals surface area contributed by atoms with Crippen LogP contribution in [-0.2, 0) is 29.0 Å². The fourth-order valence-electron chi connectivity index (χ4n) is 2.92. The van der Waals surface area contributed by atoms with E-state index in [1.807, 2.05) is 35.0 Å². The van der Waals surface area contributed by atoms with Gasteiger partial charge in [0, 0.05) is 19.5 Å². The van der Waals surface area contributed by atoms with Crippen LogP contribution in [0.3, 0.4) is 0 Å². The van der Waals surface area contributed by atoms with Crippen molar-refractivity contribution in [2.75, 3.05) is 6.54 Å². The summed E-state index contributed by atoms with van der Waals surface area (Å²) in [6.45, 7) is 0.402. The molecule has 6 heteroatoms. The van der Waals surface area contributed by atoms with Gasteiger partial charge in [0.2, 0.25) is 0 Å². The number of carbonyl (C=O) groups excluding carboxylic acids is 2. The highest BCUT2D eigenvalue weighted by Gasteiger charge is 2.32. The van der Waals surface area contributed by atoms with E-state index in [0.29, 0.717) is 19.4 Å². The lowest BCUT2D eigenvalue weighted by Crippen LogP contribution is -2.50. The number of rotatable bonds is 4. The zero-order valence-corrected chi connectivity index (χ0v) is 14.1. The summed E-state index contributed by atoms with van der Waals surface area (Å²) >= 11 is 1.54. The summed E-state index contributed by atoms with van der Waals surface area (Å²) in [5, 5.41) is 19.6. The van der Waals surface area contributed by atoms with E-state index in [4.69, 9.17) is 0 Å². The van der Waals surface area contributed by atoms with Crippen LogP contribution in [0.1, 0.15) is 23.1 Å². The molecule has 3 rings (SSSR count). The molecule has 1 unspecified atom stereocenters. The molecule has 0 spiro atoms. The number of nitrogens with one attached hydrogen (secondary N) is 2. The van der Waals surface area contributed by atoms with Crippen LogP contribution >= 0.6 is 11.3 Å². The molecule has 2 amide bonds. The molecule has 1 aliphatic carbocycles. The molecule has 2 aromatic rings. The van der Waals surface area contributed by atoms with Gasteiger partial charge in [0.15, 0.2) is 0 Å². The summed E-state index contributed by atoms with van der Waals surface area (Å²) in [7, 11) is 0. The van der Waals surface area contributed by atoms with E-state index < -0.39 is 17.4 Å². The quantitative estimate of drug-likeness (QED) is 0.734. The van der Waals surface area contributed by atoms with Crippen LogP contribution in [0.4, 0.5) is 0 Å². The highest BCUT2D eigenvalue weighted by molar-refractivity contribution is 7.07. The molecule has 0 fully saturated rings. The monoisotopic (exact) mass is 344 g/mol. The fraction of sp³-hybridized carbons (Fsp3) is 0.333. The molecular formula is C18H20N2O3S. The van der Waals surface area contributed by atoms with Crippen LogP contribution < -0.4 is 10.6 Å². The van der Waals surface area contributed by atoms with Gasteiger partial charge in [-0.25, -0.2) is 0 Å². The Labute approximate surface area is 144 Å². The third-order valence-corrected chi connectivity index (χ3v) is 5.05. The van der Waals surface area contributed by atoms with E-state index in [1.54, 1.807) is 0 Å². The van der Waals surface area contributed by atoms with Gasteiger partial charge in [0.25, 0.3) is 0 Å². The van der Waals surface area contributed by atoms with Crippen LogP contribution in [0, 0.1) is 0 Å². The molecule has 1 aromatic carbocycles. The molecule has 0 aliphatic heterocycles. The third kappa shape index (κ3) is 4.01. The first-order valence-electron chi connectivity index (χ1n) is 7.92. The second kappa shape index (κ2) is 7.15. The van der Waals surface area contributed by atoms with Gasteiger partial charge in [0.1, 0.15) is 0 Å². The Morgan fingerprint density at radius 1 is 1.12 bits per heavy atom. The van der Waals surface area contributed by atoms with Crippen molar-refractivity contribution in [2.45, 2.75) is 31.4 Å². The molecule has 1 aromatic heterocycles. The molecule has 24 heavy (non-hydrogen) atoms. The number of hydrogen-bond acceptors (Lipinski definition) is 4. The highest BCUT2D eigenvalue weighted by Crippen LogP contribution is 2.28. The van der Waals surface area contributed by atoms with Crippen LogP contribution in [0.15, 0.2) is 41.1 Å². The number of amides is 2. The lowest BCUT2D eigenvalue weighted by atomic mass is 9.80. The summed E-state index contributed by atoms with van der Waals surface area (Å²) in [6, 6.07) is 9.88. The first kappa shape index (κ1) is 16.7. The summed E-state index contributed by atoms with van der Waals surface area (Å²) < 4.78 is 0. The van der Waals surface area contributed by atoms with Gasteiger partial charge in [-0.3, -0.25) is 9.59 Å². The fourth-order valence-corrected chi connectivity index (χ4v) is 3.58. The Kier molecular flexibility index (Phi) is 4.97. The molecule has 1 atom stereocenters. The van der Waals surface area contributed by atoms with Crippen molar-refractivity contribution in [2.24, 2.45) is 0 Å². The normalized spacial score (nSPS) is 19.4. The molecule has 3 N–H and O–H groups in total. The van der Waals surface area contributed by atoms with Gasteiger partial charge in [0.05, 0.1) is 5.60 Å². The molecular weight excluding hydrogens is 324 g/mol. The van der Waals surface area contributed by atoms with Crippen molar-refractivity contribution < 1.29 is 14.7 Å². The molecule has 1 heterocycles. The Morgan fingerprint density at radius 2 is 1.88 bits per heavy atom. The second-order valence-electron chi connectivity index (χ2n) is 6.17. The zero-order valence-electron chi connectivity index (χ0n) is 13.2. The summed E-state index contributed by atoms with van der Waals surface area (Å²) in [4.78, 5) is 23.7. The zero-order chi connectivity index (χ0) is 17.0. The Morgan fingerprint density at radius 3 is 2.62 bits per heavy atom. The van der Waals surface area contributed by atoms with Gasteiger partial charge in [-0.05, 0) is 46.4 Å². The van der Waals surface area contributed by atoms with Crippen molar-refractivity contribution in [3.8, 4) is 0 Å². The van der Waals surface area contributed by atoms with Crippen LogP contribution in [0.25, 0.3) is 0 Å². The first-order valence-corrected chi connectivity index (χ1v) is 8.86. The lowest BCUT2D eigenvalue weighted by Gasteiger charge is -2.33. The first-order chi connectivity index (χ1) is 11.6. The molecule has 0 saturated heterocycles. The summed E-state index contributed by atoms with van der Waals surface area (Å²) in [5.74, 6) is -1.39. The van der Waals surface area contributed by atoms with Crippen molar-refractivity contribution in [1.29, 1.82) is 0 Å². The second-order valence-corrected chi connectivity index (χ2v) is 6.95. The predicted molar refractivity (Wildman–Crippen MR) is 92.6 cm³/mol. The minimum Gasteiger partial charge on any atom is -0.388 e. The summed E-state index contributed by atoms with van der Waals surface area (Å²) in [5.41, 5.74) is 2.30. The SMILES string of the molecule is O=C(NCc1ccsc1)C(=O)NCC1(O)CCc2ccccc2C1. The maximum atomic E-state index is 11.9. The van der Waals surface area contributed by atoms with E-state index in [2.05, 4.69) is 16.7 Å². The van der Waals surface area contributed by atoms with Crippen LogP contribution in [-0.4, -0.2) is 29.1 Å². The number of fused-ring (bicyclic) bond motifs is 1. The Bertz CT molecular complexity index is 730. The van der Waals surface area contributed by atoms with E-state index in [9.17, 15) is 14.7 Å². The number of carbonyl (C=O) groups is 2. The predicted octanol–water partition coefficient (Wildman–Crippen LogP) is 1.40. The van der Waals surface area contributed by atoms with Gasteiger partial charge in [-0.1, -0.05) is 24.3 Å². The van der Waals surface area contributed by atoms with Crippen LogP contribution in [0.5, 0.6) is 0 Å². The van der Waals surface area contributed by atoms with Crippen molar-refractivity contribution in [3.63, 3.8) is 0 Å². The lowest BCUT2D eigenvalue weighted by molar-refractivity contribution is -0.140. The molecule has 5 nitrogen and oxygen atoms in total. The maximum absolute atomic E-state index is 11.9. The number of thiophene rings is 1. The number of aliphatic hydroxyl groups is 1. The Balaban J connectivity index is 1.49. The van der Waals surface area contributed by atoms with Crippen molar-refractivity contribution >= 4 is 23.2 Å². The number of benzene rings is 1. The highest BCUT2D eigenvalue weighted by atomic mass is 32.1. The average Bonchev–Trinajstić information content (AvgIpc) is 3.11. The minimum absolute atomic E-state index is 0.0754. The van der Waals surface area contributed by atoms with Gasteiger partial charge in [-0.15, -0.1) is 0 Å². The number of hydrogen-bond donors (Lipinski definition) is 3. The van der Waals surface area contributed by atoms with Crippen molar-refractivity contribution in [1.82, 2.24) is 10.6 Å². The van der Waals surface area contributed by atoms with Crippen LogP contribution in [0.2, 0.25) is 0 Å². The Hall–Kier alpha value is -2.18. The van der Waals surface area contributed by atoms with E-state index in [-0.39, 0.29) is 6.54 Å². The van der Waals surface area contributed by atoms with E-state index in [1.165, 1.54) is 16.9 Å². The minimum atomic E-state index is -1.00. The third-order valence-electron chi connectivity index (χ3n) is 4.31. The molecule has 126 valence electrons. The largest absolute Gasteiger partial charge is 0.388 e. The topological polar surface area (TPSA) is 78.4 Å². The van der Waals surface area contributed by atoms with Gasteiger partial charge >= 0.3 is 11.8 Å². The van der Waals surface area contributed by atoms with E-state index >= 15 is 0 Å². The molecule has 1 aliphatic rings.